The molecule has 0 spiro atoms. The summed E-state index contributed by atoms with van der Waals surface area (Å²) in [6.07, 6.45) is -0.642. The minimum Gasteiger partial charge on any atom is -0.449 e. The number of nitrogens with zero attached hydrogens (tertiary/aromatic N) is 2. The van der Waals surface area contributed by atoms with Crippen molar-refractivity contribution in [3.8, 4) is 11.5 Å². The Morgan fingerprint density at radius 1 is 1.12 bits per heavy atom. The van der Waals surface area contributed by atoms with Crippen LogP contribution in [0.25, 0.3) is 11.5 Å². The highest BCUT2D eigenvalue weighted by Gasteiger charge is 2.21. The Morgan fingerprint density at radius 2 is 1.83 bits per heavy atom. The van der Waals surface area contributed by atoms with Crippen molar-refractivity contribution < 1.29 is 13.9 Å². The summed E-state index contributed by atoms with van der Waals surface area (Å²) >= 11 is 3.33. The molecular weight excluding hydrogens is 372 g/mol. The van der Waals surface area contributed by atoms with Crippen LogP contribution in [-0.2, 0) is 4.74 Å². The SMILES string of the molecule is Cc1ccc(-c2nnc([C@H](C)OC(=O)c3ccccc3Br)o2)cc1. The maximum Gasteiger partial charge on any atom is 0.340 e. The fourth-order valence-corrected chi connectivity index (χ4v) is 2.56. The van der Waals surface area contributed by atoms with Crippen molar-refractivity contribution in [1.29, 1.82) is 0 Å². The maximum absolute atomic E-state index is 12.2. The van der Waals surface area contributed by atoms with Crippen molar-refractivity contribution in [2.24, 2.45) is 0 Å². The van der Waals surface area contributed by atoms with E-state index in [0.29, 0.717) is 15.9 Å². The molecule has 0 amide bonds. The number of esters is 1. The van der Waals surface area contributed by atoms with Gasteiger partial charge in [-0.05, 0) is 54.0 Å². The highest BCUT2D eigenvalue weighted by molar-refractivity contribution is 9.10. The van der Waals surface area contributed by atoms with Crippen LogP contribution in [-0.4, -0.2) is 16.2 Å². The third-order valence-electron chi connectivity index (χ3n) is 3.46. The lowest BCUT2D eigenvalue weighted by Crippen LogP contribution is -2.10. The number of carbonyl (C=O) groups excluding carboxylic acids is 1. The Bertz CT molecular complexity index is 859. The van der Waals surface area contributed by atoms with E-state index in [1.54, 1.807) is 25.1 Å². The molecule has 0 N–H and O–H groups in total. The summed E-state index contributed by atoms with van der Waals surface area (Å²) in [6, 6.07) is 14.8. The van der Waals surface area contributed by atoms with Crippen LogP contribution in [0.15, 0.2) is 57.4 Å². The van der Waals surface area contributed by atoms with Gasteiger partial charge in [0.1, 0.15) is 0 Å². The van der Waals surface area contributed by atoms with E-state index in [4.69, 9.17) is 9.15 Å². The molecule has 1 aromatic heterocycles. The molecule has 0 aliphatic rings. The Kier molecular flexibility index (Phi) is 4.76. The molecule has 122 valence electrons. The minimum atomic E-state index is -0.642. The molecule has 5 nitrogen and oxygen atoms in total. The van der Waals surface area contributed by atoms with Crippen molar-refractivity contribution in [3.63, 3.8) is 0 Å². The van der Waals surface area contributed by atoms with E-state index in [-0.39, 0.29) is 5.89 Å². The van der Waals surface area contributed by atoms with Gasteiger partial charge in [-0.2, -0.15) is 0 Å². The fraction of sp³-hybridized carbons (Fsp3) is 0.167. The number of benzene rings is 2. The van der Waals surface area contributed by atoms with E-state index < -0.39 is 12.1 Å². The van der Waals surface area contributed by atoms with Gasteiger partial charge in [-0.3, -0.25) is 0 Å². The van der Waals surface area contributed by atoms with Gasteiger partial charge in [0.25, 0.3) is 5.89 Å². The van der Waals surface area contributed by atoms with E-state index in [1.165, 1.54) is 0 Å². The van der Waals surface area contributed by atoms with Crippen LogP contribution in [0.5, 0.6) is 0 Å². The number of aryl methyl sites for hydroxylation is 1. The summed E-state index contributed by atoms with van der Waals surface area (Å²) in [6.45, 7) is 3.70. The van der Waals surface area contributed by atoms with Gasteiger partial charge >= 0.3 is 5.97 Å². The Morgan fingerprint density at radius 3 is 2.54 bits per heavy atom. The molecule has 0 fully saturated rings. The molecule has 24 heavy (non-hydrogen) atoms. The van der Waals surface area contributed by atoms with E-state index >= 15 is 0 Å². The van der Waals surface area contributed by atoms with Crippen molar-refractivity contribution in [2.45, 2.75) is 20.0 Å². The van der Waals surface area contributed by atoms with Gasteiger partial charge in [0.15, 0.2) is 6.10 Å². The van der Waals surface area contributed by atoms with Crippen molar-refractivity contribution >= 4 is 21.9 Å². The van der Waals surface area contributed by atoms with E-state index in [2.05, 4.69) is 26.1 Å². The standard InChI is InChI=1S/C18H15BrN2O3/c1-11-7-9-13(10-8-11)17-21-20-16(24-17)12(2)23-18(22)14-5-3-4-6-15(14)19/h3-10,12H,1-2H3/t12-/m0/s1. The number of hydrogen-bond donors (Lipinski definition) is 0. The van der Waals surface area contributed by atoms with E-state index in [0.717, 1.165) is 11.1 Å². The Hall–Kier alpha value is -2.47. The number of carbonyl (C=O) groups is 1. The van der Waals surface area contributed by atoms with Crippen molar-refractivity contribution in [3.05, 3.63) is 70.0 Å². The van der Waals surface area contributed by atoms with Crippen LogP contribution in [0.4, 0.5) is 0 Å². The molecule has 0 unspecified atom stereocenters. The molecular formula is C18H15BrN2O3. The lowest BCUT2D eigenvalue weighted by Gasteiger charge is -2.10. The molecule has 0 aliphatic carbocycles. The lowest BCUT2D eigenvalue weighted by molar-refractivity contribution is 0.0279. The first kappa shape index (κ1) is 16.4. The predicted octanol–water partition coefficient (Wildman–Crippen LogP) is 4.73. The highest BCUT2D eigenvalue weighted by atomic mass is 79.9. The second kappa shape index (κ2) is 6.97. The van der Waals surface area contributed by atoms with E-state index in [9.17, 15) is 4.79 Å². The molecule has 0 saturated carbocycles. The molecule has 0 aliphatic heterocycles. The first-order valence-corrected chi connectivity index (χ1v) is 8.20. The molecule has 1 heterocycles. The lowest BCUT2D eigenvalue weighted by atomic mass is 10.1. The van der Waals surface area contributed by atoms with Crippen LogP contribution in [0.3, 0.4) is 0 Å². The largest absolute Gasteiger partial charge is 0.449 e. The molecule has 6 heteroatoms. The Balaban J connectivity index is 1.74. The zero-order valence-corrected chi connectivity index (χ0v) is 14.8. The van der Waals surface area contributed by atoms with E-state index in [1.807, 2.05) is 37.3 Å². The normalized spacial score (nSPS) is 12.0. The smallest absolute Gasteiger partial charge is 0.340 e. The van der Waals surface area contributed by atoms with Gasteiger partial charge in [0, 0.05) is 10.0 Å². The van der Waals surface area contributed by atoms with Crippen LogP contribution in [0.2, 0.25) is 0 Å². The fourth-order valence-electron chi connectivity index (χ4n) is 2.11. The first-order valence-electron chi connectivity index (χ1n) is 7.40. The van der Waals surface area contributed by atoms with Crippen molar-refractivity contribution in [2.75, 3.05) is 0 Å². The molecule has 3 aromatic rings. The average molecular weight is 387 g/mol. The summed E-state index contributed by atoms with van der Waals surface area (Å²) in [5, 5.41) is 8.00. The van der Waals surface area contributed by atoms with Crippen LogP contribution in [0.1, 0.15) is 34.8 Å². The summed E-state index contributed by atoms with van der Waals surface area (Å²) in [5.74, 6) is 0.199. The zero-order valence-electron chi connectivity index (χ0n) is 13.2. The van der Waals surface area contributed by atoms with Gasteiger partial charge in [0.05, 0.1) is 5.56 Å². The number of aromatic nitrogens is 2. The third kappa shape index (κ3) is 3.54. The zero-order chi connectivity index (χ0) is 17.1. The maximum atomic E-state index is 12.2. The second-order valence-corrected chi connectivity index (χ2v) is 6.19. The van der Waals surface area contributed by atoms with Gasteiger partial charge in [-0.15, -0.1) is 10.2 Å². The van der Waals surface area contributed by atoms with Crippen molar-refractivity contribution in [1.82, 2.24) is 10.2 Å². The Labute approximate surface area is 147 Å². The number of halogens is 1. The number of rotatable bonds is 4. The summed E-state index contributed by atoms with van der Waals surface area (Å²) in [4.78, 5) is 12.2. The molecule has 0 radical (unpaired) electrons. The van der Waals surface area contributed by atoms with Gasteiger partial charge in [-0.25, -0.2) is 4.79 Å². The molecule has 1 atom stereocenters. The topological polar surface area (TPSA) is 65.2 Å². The molecule has 2 aromatic carbocycles. The third-order valence-corrected chi connectivity index (χ3v) is 4.16. The van der Waals surface area contributed by atoms with Gasteiger partial charge < -0.3 is 9.15 Å². The molecule has 0 bridgehead atoms. The predicted molar refractivity (Wildman–Crippen MR) is 92.4 cm³/mol. The van der Waals surface area contributed by atoms with Gasteiger partial charge in [0.2, 0.25) is 5.89 Å². The summed E-state index contributed by atoms with van der Waals surface area (Å²) < 4.78 is 11.7. The monoisotopic (exact) mass is 386 g/mol. The van der Waals surface area contributed by atoms with Crippen LogP contribution < -0.4 is 0 Å². The number of ether oxygens (including phenoxy) is 1. The number of hydrogen-bond acceptors (Lipinski definition) is 5. The quantitative estimate of drug-likeness (QED) is 0.606. The highest BCUT2D eigenvalue weighted by Crippen LogP contribution is 2.24. The summed E-state index contributed by atoms with van der Waals surface area (Å²) in [5.41, 5.74) is 2.42. The summed E-state index contributed by atoms with van der Waals surface area (Å²) in [7, 11) is 0. The van der Waals surface area contributed by atoms with Crippen LogP contribution in [0, 0.1) is 6.92 Å². The molecule has 0 saturated heterocycles. The van der Waals surface area contributed by atoms with Crippen LogP contribution >= 0.6 is 15.9 Å². The molecule has 3 rings (SSSR count). The second-order valence-electron chi connectivity index (χ2n) is 5.34. The average Bonchev–Trinajstić information content (AvgIpc) is 3.06. The van der Waals surface area contributed by atoms with Gasteiger partial charge in [-0.1, -0.05) is 29.8 Å². The minimum absolute atomic E-state index is 0.256. The first-order chi connectivity index (χ1) is 11.5.